The van der Waals surface area contributed by atoms with E-state index in [9.17, 15) is 22.8 Å². The van der Waals surface area contributed by atoms with Crippen molar-refractivity contribution >= 4 is 39.3 Å². The fourth-order valence-electron chi connectivity index (χ4n) is 2.34. The van der Waals surface area contributed by atoms with Crippen molar-refractivity contribution in [3.05, 3.63) is 0 Å². The summed E-state index contributed by atoms with van der Waals surface area (Å²) in [6.45, 7) is 3.01. The quantitative estimate of drug-likeness (QED) is 0.676. The van der Waals surface area contributed by atoms with Gasteiger partial charge in [-0.3, -0.25) is 19.7 Å². The van der Waals surface area contributed by atoms with Gasteiger partial charge < -0.3 is 4.90 Å². The number of hydrogen-bond acceptors (Lipinski definition) is 6. The van der Waals surface area contributed by atoms with Gasteiger partial charge in [0.1, 0.15) is 12.1 Å². The molecule has 9 heteroatoms. The van der Waals surface area contributed by atoms with Gasteiger partial charge in [0.25, 0.3) is 5.91 Å². The van der Waals surface area contributed by atoms with Gasteiger partial charge in [0, 0.05) is 5.25 Å². The lowest BCUT2D eigenvalue weighted by Crippen LogP contribution is -2.65. The Morgan fingerprint density at radius 3 is 2.67 bits per heavy atom. The summed E-state index contributed by atoms with van der Waals surface area (Å²) in [6, 6.07) is 0. The van der Waals surface area contributed by atoms with E-state index in [2.05, 4.69) is 5.32 Å². The second-order valence-electron chi connectivity index (χ2n) is 5.75. The summed E-state index contributed by atoms with van der Waals surface area (Å²) in [4.78, 5) is 36.7. The van der Waals surface area contributed by atoms with Gasteiger partial charge in [0.15, 0.2) is 9.84 Å². The number of hydrogen-bond donors (Lipinski definition) is 1. The van der Waals surface area contributed by atoms with Crippen LogP contribution in [-0.4, -0.2) is 65.6 Å². The molecule has 1 N–H and O–H groups in total. The van der Waals surface area contributed by atoms with Crippen LogP contribution in [0.15, 0.2) is 0 Å². The van der Waals surface area contributed by atoms with Crippen LogP contribution in [0.1, 0.15) is 20.3 Å². The average Bonchev–Trinajstić information content (AvgIpc) is 2.71. The van der Waals surface area contributed by atoms with Crippen molar-refractivity contribution in [1.82, 2.24) is 10.2 Å². The van der Waals surface area contributed by atoms with Crippen LogP contribution >= 0.6 is 11.8 Å². The Morgan fingerprint density at radius 2 is 2.10 bits per heavy atom. The van der Waals surface area contributed by atoms with E-state index >= 15 is 0 Å². The maximum atomic E-state index is 12.2. The van der Waals surface area contributed by atoms with Gasteiger partial charge in [-0.2, -0.15) is 0 Å². The molecule has 3 amide bonds. The summed E-state index contributed by atoms with van der Waals surface area (Å²) in [5.41, 5.74) is -1.08. The molecule has 2 heterocycles. The first-order chi connectivity index (χ1) is 9.62. The number of amides is 3. The molecule has 1 unspecified atom stereocenters. The lowest BCUT2D eigenvalue weighted by Gasteiger charge is -2.40. The Balaban J connectivity index is 1.96. The van der Waals surface area contributed by atoms with Crippen LogP contribution in [0.25, 0.3) is 0 Å². The van der Waals surface area contributed by atoms with Gasteiger partial charge in [-0.25, -0.2) is 8.42 Å². The summed E-state index contributed by atoms with van der Waals surface area (Å²) in [5.74, 6) is -0.994. The van der Waals surface area contributed by atoms with Crippen molar-refractivity contribution in [1.29, 1.82) is 0 Å². The minimum Gasteiger partial charge on any atom is -0.318 e. The molecule has 2 saturated heterocycles. The molecule has 2 aliphatic rings. The van der Waals surface area contributed by atoms with Gasteiger partial charge in [-0.05, 0) is 20.3 Å². The lowest BCUT2D eigenvalue weighted by molar-refractivity contribution is -0.154. The molecule has 2 aliphatic heterocycles. The molecule has 1 atom stereocenters. The van der Waals surface area contributed by atoms with E-state index in [0.717, 1.165) is 0 Å². The molecule has 0 aromatic rings. The molecule has 7 nitrogen and oxygen atoms in total. The first kappa shape index (κ1) is 16.3. The Kier molecular flexibility index (Phi) is 4.34. The number of sulfone groups is 1. The molecule has 21 heavy (non-hydrogen) atoms. The van der Waals surface area contributed by atoms with Crippen LogP contribution in [0.5, 0.6) is 0 Å². The number of nitrogens with one attached hydrogen (secondary N) is 1. The maximum absolute atomic E-state index is 12.2. The zero-order valence-electron chi connectivity index (χ0n) is 11.9. The van der Waals surface area contributed by atoms with Crippen LogP contribution in [0.4, 0.5) is 0 Å². The average molecular weight is 334 g/mol. The third-order valence-electron chi connectivity index (χ3n) is 3.72. The van der Waals surface area contributed by atoms with E-state index in [1.165, 1.54) is 16.7 Å². The number of thioether (sulfide) groups is 1. The number of piperazine rings is 1. The standard InChI is InChI=1S/C12H18N2O5S2/c1-12(2)11(17)13-9(15)5-14(12)10(16)6-20-8-3-4-21(18,19)7-8/h8H,3-7H2,1-2H3,(H,13,15,17). The van der Waals surface area contributed by atoms with Crippen molar-refractivity contribution in [2.24, 2.45) is 0 Å². The highest BCUT2D eigenvalue weighted by Gasteiger charge is 2.43. The number of nitrogens with zero attached hydrogens (tertiary/aromatic N) is 1. The SMILES string of the molecule is CC1(C)C(=O)NC(=O)CN1C(=O)CSC1CCS(=O)(=O)C1. The van der Waals surface area contributed by atoms with E-state index in [4.69, 9.17) is 0 Å². The number of rotatable bonds is 3. The van der Waals surface area contributed by atoms with Crippen molar-refractivity contribution in [2.75, 3.05) is 23.8 Å². The predicted octanol–water partition coefficient (Wildman–Crippen LogP) is -0.830. The van der Waals surface area contributed by atoms with E-state index in [-0.39, 0.29) is 35.0 Å². The molecular weight excluding hydrogens is 316 g/mol. The third kappa shape index (κ3) is 3.57. The number of carbonyl (C=O) groups is 3. The second kappa shape index (κ2) is 5.60. The van der Waals surface area contributed by atoms with Crippen molar-refractivity contribution in [3.8, 4) is 0 Å². The highest BCUT2D eigenvalue weighted by Crippen LogP contribution is 2.26. The Morgan fingerprint density at radius 1 is 1.43 bits per heavy atom. The van der Waals surface area contributed by atoms with E-state index in [1.54, 1.807) is 13.8 Å². The van der Waals surface area contributed by atoms with Crippen molar-refractivity contribution in [3.63, 3.8) is 0 Å². The molecular formula is C12H18N2O5S2. The molecule has 0 aromatic heterocycles. The number of imide groups is 1. The fourth-order valence-corrected chi connectivity index (χ4v) is 5.86. The zero-order chi connectivity index (χ0) is 15.8. The van der Waals surface area contributed by atoms with E-state index < -0.39 is 27.2 Å². The minimum atomic E-state index is -2.97. The summed E-state index contributed by atoms with van der Waals surface area (Å²) in [6.07, 6.45) is 0.545. The molecule has 0 radical (unpaired) electrons. The number of carbonyl (C=O) groups excluding carboxylic acids is 3. The maximum Gasteiger partial charge on any atom is 0.252 e. The van der Waals surface area contributed by atoms with Crippen molar-refractivity contribution < 1.29 is 22.8 Å². The summed E-state index contributed by atoms with van der Waals surface area (Å²) in [7, 11) is -2.97. The smallest absolute Gasteiger partial charge is 0.252 e. The summed E-state index contributed by atoms with van der Waals surface area (Å²) >= 11 is 1.28. The third-order valence-corrected chi connectivity index (χ3v) is 6.99. The van der Waals surface area contributed by atoms with Crippen LogP contribution in [0, 0.1) is 0 Å². The molecule has 0 bridgehead atoms. The first-order valence-electron chi connectivity index (χ1n) is 6.58. The predicted molar refractivity (Wildman–Crippen MR) is 78.5 cm³/mol. The van der Waals surface area contributed by atoms with Gasteiger partial charge in [-0.15, -0.1) is 11.8 Å². The molecule has 0 aliphatic carbocycles. The van der Waals surface area contributed by atoms with Gasteiger partial charge in [0.05, 0.1) is 17.3 Å². The van der Waals surface area contributed by atoms with E-state index in [0.29, 0.717) is 6.42 Å². The van der Waals surface area contributed by atoms with Gasteiger partial charge in [0.2, 0.25) is 11.8 Å². The van der Waals surface area contributed by atoms with Crippen LogP contribution in [0.3, 0.4) is 0 Å². The zero-order valence-corrected chi connectivity index (χ0v) is 13.6. The highest BCUT2D eigenvalue weighted by molar-refractivity contribution is 8.02. The normalized spacial score (nSPS) is 27.5. The molecule has 2 rings (SSSR count). The van der Waals surface area contributed by atoms with Crippen LogP contribution in [-0.2, 0) is 24.2 Å². The largest absolute Gasteiger partial charge is 0.318 e. The van der Waals surface area contributed by atoms with Gasteiger partial charge in [-0.1, -0.05) is 0 Å². The molecule has 2 fully saturated rings. The Labute approximate surface area is 127 Å². The topological polar surface area (TPSA) is 101 Å². The lowest BCUT2D eigenvalue weighted by atomic mass is 9.99. The van der Waals surface area contributed by atoms with Crippen LogP contribution < -0.4 is 5.32 Å². The first-order valence-corrected chi connectivity index (χ1v) is 9.45. The van der Waals surface area contributed by atoms with Gasteiger partial charge >= 0.3 is 0 Å². The summed E-state index contributed by atoms with van der Waals surface area (Å²) in [5, 5.41) is 2.12. The Bertz CT molecular complexity index is 584. The molecule has 0 spiro atoms. The molecule has 0 aromatic carbocycles. The summed E-state index contributed by atoms with van der Waals surface area (Å²) < 4.78 is 22.7. The van der Waals surface area contributed by atoms with Crippen molar-refractivity contribution in [2.45, 2.75) is 31.1 Å². The second-order valence-corrected chi connectivity index (χ2v) is 9.27. The highest BCUT2D eigenvalue weighted by atomic mass is 32.2. The monoisotopic (exact) mass is 334 g/mol. The molecule has 118 valence electrons. The van der Waals surface area contributed by atoms with E-state index in [1.807, 2.05) is 0 Å². The Hall–Kier alpha value is -1.09. The minimum absolute atomic E-state index is 0.0736. The molecule has 0 saturated carbocycles. The van der Waals surface area contributed by atoms with Crippen LogP contribution in [0.2, 0.25) is 0 Å². The fraction of sp³-hybridized carbons (Fsp3) is 0.750.